The summed E-state index contributed by atoms with van der Waals surface area (Å²) in [4.78, 5) is 67.4. The number of carbonyl (C=O) groups is 4. The zero-order valence-electron chi connectivity index (χ0n) is 34.1. The second-order valence-electron chi connectivity index (χ2n) is 18.8. The normalized spacial score (nSPS) is 32.9. The lowest BCUT2D eigenvalue weighted by Crippen LogP contribution is -2.60. The minimum absolute atomic E-state index is 0.143. The molecule has 1 aromatic heterocycles. The molecule has 2 aliphatic heterocycles. The summed E-state index contributed by atoms with van der Waals surface area (Å²) in [6.45, 7) is 6.56. The smallest absolute Gasteiger partial charge is 0.408 e. The van der Waals surface area contributed by atoms with E-state index < -0.39 is 86.5 Å². The highest BCUT2D eigenvalue weighted by molar-refractivity contribution is 7.91. The first-order valence-electron chi connectivity index (χ1n) is 20.8. The van der Waals surface area contributed by atoms with E-state index in [9.17, 15) is 36.4 Å². The van der Waals surface area contributed by atoms with Crippen LogP contribution in [-0.4, -0.2) is 102 Å². The molecule has 2 bridgehead atoms. The highest BCUT2D eigenvalue weighted by Crippen LogP contribution is 2.58. The average molecular weight is 845 g/mol. The summed E-state index contributed by atoms with van der Waals surface area (Å²) in [6, 6.07) is 2.75. The second kappa shape index (κ2) is 15.0. The molecular formula is C41H54F2N6O9S. The molecule has 322 valence electrons. The molecule has 0 unspecified atom stereocenters. The fourth-order valence-corrected chi connectivity index (χ4v) is 10.7. The number of aromatic nitrogens is 2. The number of amides is 4. The summed E-state index contributed by atoms with van der Waals surface area (Å²) in [5.74, 6) is -2.51. The van der Waals surface area contributed by atoms with Crippen molar-refractivity contribution < 1.29 is 50.6 Å². The highest BCUT2D eigenvalue weighted by Gasteiger charge is 2.67. The molecule has 8 rings (SSSR count). The topological polar surface area (TPSA) is 195 Å². The molecule has 0 radical (unpaired) electrons. The van der Waals surface area contributed by atoms with Crippen molar-refractivity contribution in [2.45, 2.75) is 139 Å². The van der Waals surface area contributed by atoms with E-state index in [-0.39, 0.29) is 30.9 Å². The Hall–Kier alpha value is -4.35. The first-order valence-corrected chi connectivity index (χ1v) is 22.3. The number of alkyl halides is 2. The molecule has 3 heterocycles. The van der Waals surface area contributed by atoms with Gasteiger partial charge in [-0.3, -0.25) is 19.1 Å². The molecule has 4 saturated carbocycles. The van der Waals surface area contributed by atoms with Crippen LogP contribution in [0.3, 0.4) is 0 Å². The molecule has 15 nitrogen and oxygen atoms in total. The lowest BCUT2D eigenvalue weighted by molar-refractivity contribution is -0.143. The van der Waals surface area contributed by atoms with Crippen molar-refractivity contribution >= 4 is 44.9 Å². The number of nitrogens with one attached hydrogen (secondary N) is 3. The number of halogens is 2. The molecule has 59 heavy (non-hydrogen) atoms. The number of rotatable bonds is 7. The molecule has 5 fully saturated rings. The van der Waals surface area contributed by atoms with Crippen LogP contribution in [0.1, 0.15) is 97.6 Å². The van der Waals surface area contributed by atoms with Gasteiger partial charge >= 0.3 is 6.09 Å². The summed E-state index contributed by atoms with van der Waals surface area (Å²) in [5, 5.41) is 5.27. The number of alkyl carbamates (subject to hydrolysis) is 1. The number of hydrogen-bond donors (Lipinski definition) is 3. The standard InChI is InChI=1S/C41H54F2N6O9S/c1-39(2,3)32-36(51)49-20-23(18-30(49)34(50)47-41(19-26(41)33(42)43)37(52)48-59(54,55)40(4)13-14-40)57-35-28(44-27-12-11-22(56-5)17-29(27)45-35)10-8-6-7-9-24-25-15-21(25)16-31(24)58-38(53)46-32/h11-12,17,21,23-26,30-33H,6-10,13-16,18-20H2,1-5H3,(H,46,53)(H,47,50)(H,48,52)/t21-,23+,24+,25-,26-,30-,31+,32+,41+/m0/s1. The maximum atomic E-state index is 14.8. The number of sulfonamides is 1. The Morgan fingerprint density at radius 3 is 2.47 bits per heavy atom. The first-order chi connectivity index (χ1) is 27.8. The number of nitrogens with zero attached hydrogens (tertiary/aromatic N) is 3. The van der Waals surface area contributed by atoms with Gasteiger partial charge in [-0.1, -0.05) is 33.6 Å². The van der Waals surface area contributed by atoms with Crippen LogP contribution in [0.4, 0.5) is 13.6 Å². The molecule has 18 heteroatoms. The van der Waals surface area contributed by atoms with E-state index in [1.165, 1.54) is 18.9 Å². The number of fused-ring (bicyclic) bond motifs is 7. The van der Waals surface area contributed by atoms with Crippen molar-refractivity contribution in [1.29, 1.82) is 0 Å². The monoisotopic (exact) mass is 844 g/mol. The van der Waals surface area contributed by atoms with Crippen molar-refractivity contribution in [2.75, 3.05) is 13.7 Å². The number of methoxy groups -OCH3 is 1. The van der Waals surface area contributed by atoms with Gasteiger partial charge in [-0.15, -0.1) is 0 Å². The Morgan fingerprint density at radius 1 is 1.03 bits per heavy atom. The summed E-state index contributed by atoms with van der Waals surface area (Å²) in [6.07, 6.45) is 0.899. The van der Waals surface area contributed by atoms with Gasteiger partial charge in [-0.25, -0.2) is 32.0 Å². The lowest BCUT2D eigenvalue weighted by Gasteiger charge is -2.36. The molecule has 0 spiro atoms. The number of ether oxygens (including phenoxy) is 3. The molecular weight excluding hydrogens is 791 g/mol. The minimum atomic E-state index is -4.23. The first kappa shape index (κ1) is 41.4. The van der Waals surface area contributed by atoms with Gasteiger partial charge in [0.05, 0.1) is 35.4 Å². The van der Waals surface area contributed by atoms with Crippen LogP contribution in [0.25, 0.3) is 11.0 Å². The van der Waals surface area contributed by atoms with Gasteiger partial charge in [0.25, 0.3) is 5.91 Å². The van der Waals surface area contributed by atoms with Gasteiger partial charge in [0.1, 0.15) is 41.3 Å². The molecule has 4 amide bonds. The Kier molecular flexibility index (Phi) is 10.5. The van der Waals surface area contributed by atoms with Gasteiger partial charge < -0.3 is 29.7 Å². The summed E-state index contributed by atoms with van der Waals surface area (Å²) in [7, 11) is -2.69. The van der Waals surface area contributed by atoms with Gasteiger partial charge in [-0.2, -0.15) is 0 Å². The average Bonchev–Trinajstić information content (AvgIpc) is 4.13. The predicted molar refractivity (Wildman–Crippen MR) is 209 cm³/mol. The van der Waals surface area contributed by atoms with Crippen molar-refractivity contribution in [3.63, 3.8) is 0 Å². The lowest BCUT2D eigenvalue weighted by atomic mass is 9.85. The van der Waals surface area contributed by atoms with E-state index in [1.807, 2.05) is 10.8 Å². The minimum Gasteiger partial charge on any atom is -0.497 e. The van der Waals surface area contributed by atoms with Gasteiger partial charge in [0, 0.05) is 12.5 Å². The third-order valence-electron chi connectivity index (χ3n) is 13.6. The molecule has 1 aromatic carbocycles. The maximum Gasteiger partial charge on any atom is 0.408 e. The van der Waals surface area contributed by atoms with E-state index in [1.54, 1.807) is 32.9 Å². The van der Waals surface area contributed by atoms with Crippen LogP contribution in [0, 0.1) is 29.1 Å². The van der Waals surface area contributed by atoms with Crippen molar-refractivity contribution in [2.24, 2.45) is 29.1 Å². The fraction of sp³-hybridized carbons (Fsp3) is 0.707. The Labute approximate surface area is 342 Å². The van der Waals surface area contributed by atoms with Gasteiger partial charge in [-0.05, 0) is 93.6 Å². The zero-order chi connectivity index (χ0) is 42.2. The summed E-state index contributed by atoms with van der Waals surface area (Å²) >= 11 is 0. The van der Waals surface area contributed by atoms with E-state index >= 15 is 0 Å². The van der Waals surface area contributed by atoms with E-state index in [4.69, 9.17) is 24.2 Å². The molecule has 1 saturated heterocycles. The molecule has 2 aromatic rings. The fourth-order valence-electron chi connectivity index (χ4n) is 9.41. The number of hydrogen-bond acceptors (Lipinski definition) is 11. The highest BCUT2D eigenvalue weighted by atomic mass is 32.2. The molecule has 3 N–H and O–H groups in total. The van der Waals surface area contributed by atoms with Crippen LogP contribution in [0.2, 0.25) is 0 Å². The van der Waals surface area contributed by atoms with E-state index in [0.29, 0.717) is 53.6 Å². The third-order valence-corrected chi connectivity index (χ3v) is 15.7. The van der Waals surface area contributed by atoms with Crippen LogP contribution in [0.5, 0.6) is 11.6 Å². The van der Waals surface area contributed by atoms with Crippen LogP contribution in [-0.2, 0) is 35.6 Å². The number of benzene rings is 1. The summed E-state index contributed by atoms with van der Waals surface area (Å²) < 4.78 is 73.4. The molecule has 4 aliphatic carbocycles. The largest absolute Gasteiger partial charge is 0.497 e. The Bertz CT molecular complexity index is 2150. The number of carbonyl (C=O) groups excluding carboxylic acids is 4. The van der Waals surface area contributed by atoms with Crippen molar-refractivity contribution in [3.05, 3.63) is 23.9 Å². The quantitative estimate of drug-likeness (QED) is 0.358. The van der Waals surface area contributed by atoms with Crippen molar-refractivity contribution in [3.8, 4) is 11.6 Å². The van der Waals surface area contributed by atoms with E-state index in [0.717, 1.165) is 38.5 Å². The van der Waals surface area contributed by atoms with Gasteiger partial charge in [0.2, 0.25) is 34.1 Å². The summed E-state index contributed by atoms with van der Waals surface area (Å²) in [5.41, 5.74) is -1.40. The van der Waals surface area contributed by atoms with Gasteiger partial charge in [0.15, 0.2) is 0 Å². The van der Waals surface area contributed by atoms with E-state index in [2.05, 4.69) is 10.6 Å². The molecule has 6 aliphatic rings. The Balaban J connectivity index is 1.13. The zero-order valence-corrected chi connectivity index (χ0v) is 34.9. The predicted octanol–water partition coefficient (Wildman–Crippen LogP) is 4.41. The number of aryl methyl sites for hydroxylation is 1. The van der Waals surface area contributed by atoms with Crippen LogP contribution < -0.4 is 24.8 Å². The maximum absolute atomic E-state index is 14.8. The van der Waals surface area contributed by atoms with Crippen molar-refractivity contribution in [1.82, 2.24) is 30.2 Å². The molecule has 9 atom stereocenters. The van der Waals surface area contributed by atoms with Crippen LogP contribution >= 0.6 is 0 Å². The Morgan fingerprint density at radius 2 is 1.80 bits per heavy atom. The SMILES string of the molecule is COc1ccc2nc3c(nc2c1)O[C@@H]1C[C@@H](C(=O)N[C@]2(C(=O)NS(=O)(=O)C4(C)CC4)C[C@H]2C(F)F)N(C1)C(=O)[C@H](C(C)(C)C)NC(=O)O[C@@H]1C[C@@H]2C[C@@H]2[C@H]1CCCCC3. The second-order valence-corrected chi connectivity index (χ2v) is 21.0. The van der Waals surface area contributed by atoms with Crippen LogP contribution in [0.15, 0.2) is 18.2 Å². The third kappa shape index (κ3) is 8.01.